The maximum atomic E-state index is 11.9. The van der Waals surface area contributed by atoms with E-state index in [0.717, 1.165) is 25.2 Å². The topological polar surface area (TPSA) is 61.4 Å². The van der Waals surface area contributed by atoms with Gasteiger partial charge in [0.25, 0.3) is 5.91 Å². The van der Waals surface area contributed by atoms with Gasteiger partial charge < -0.3 is 15.5 Å². The Morgan fingerprint density at radius 2 is 1.67 bits per heavy atom. The van der Waals surface area contributed by atoms with Crippen molar-refractivity contribution in [3.63, 3.8) is 0 Å². The Morgan fingerprint density at radius 3 is 2.29 bits per heavy atom. The molecule has 21 heavy (non-hydrogen) atoms. The van der Waals surface area contributed by atoms with Crippen molar-refractivity contribution in [1.82, 2.24) is 10.6 Å². The molecule has 1 aliphatic heterocycles. The van der Waals surface area contributed by atoms with E-state index >= 15 is 0 Å². The Kier molecular flexibility index (Phi) is 5.37. The van der Waals surface area contributed by atoms with Crippen LogP contribution < -0.4 is 15.5 Å². The molecule has 0 bridgehead atoms. The van der Waals surface area contributed by atoms with E-state index in [1.54, 1.807) is 0 Å². The maximum Gasteiger partial charge on any atom is 0.251 e. The molecule has 1 aliphatic rings. The zero-order valence-corrected chi connectivity index (χ0v) is 12.3. The van der Waals surface area contributed by atoms with E-state index in [0.29, 0.717) is 18.7 Å². The molecule has 5 nitrogen and oxygen atoms in total. The SMILES string of the molecule is CC(=O)NCCCNC(=O)c1ccc(N2CC=CC2)cc1. The summed E-state index contributed by atoms with van der Waals surface area (Å²) in [6, 6.07) is 7.63. The minimum atomic E-state index is -0.0797. The second-order valence-corrected chi connectivity index (χ2v) is 5.02. The van der Waals surface area contributed by atoms with Crippen LogP contribution in [-0.4, -0.2) is 38.0 Å². The fourth-order valence-electron chi connectivity index (χ4n) is 2.17. The van der Waals surface area contributed by atoms with E-state index in [9.17, 15) is 9.59 Å². The lowest BCUT2D eigenvalue weighted by Crippen LogP contribution is -2.28. The van der Waals surface area contributed by atoms with Crippen molar-refractivity contribution in [1.29, 1.82) is 0 Å². The number of anilines is 1. The van der Waals surface area contributed by atoms with Crippen LogP contribution in [0.15, 0.2) is 36.4 Å². The molecule has 5 heteroatoms. The maximum absolute atomic E-state index is 11.9. The van der Waals surface area contributed by atoms with Crippen molar-refractivity contribution in [2.24, 2.45) is 0 Å². The number of rotatable bonds is 6. The van der Waals surface area contributed by atoms with Crippen LogP contribution in [0, 0.1) is 0 Å². The molecule has 0 fully saturated rings. The summed E-state index contributed by atoms with van der Waals surface area (Å²) in [5.74, 6) is -0.128. The third-order valence-electron chi connectivity index (χ3n) is 3.33. The molecule has 0 aliphatic carbocycles. The van der Waals surface area contributed by atoms with E-state index in [1.165, 1.54) is 6.92 Å². The Morgan fingerprint density at radius 1 is 1.05 bits per heavy atom. The Labute approximate surface area is 125 Å². The van der Waals surface area contributed by atoms with Gasteiger partial charge in [0.15, 0.2) is 0 Å². The molecule has 2 rings (SSSR count). The number of nitrogens with zero attached hydrogens (tertiary/aromatic N) is 1. The van der Waals surface area contributed by atoms with Gasteiger partial charge in [0.1, 0.15) is 0 Å². The summed E-state index contributed by atoms with van der Waals surface area (Å²) in [6.45, 7) is 4.47. The molecule has 0 atom stereocenters. The van der Waals surface area contributed by atoms with Crippen LogP contribution in [0.1, 0.15) is 23.7 Å². The van der Waals surface area contributed by atoms with Crippen molar-refractivity contribution in [2.45, 2.75) is 13.3 Å². The van der Waals surface area contributed by atoms with Crippen LogP contribution >= 0.6 is 0 Å². The predicted octanol–water partition coefficient (Wildman–Crippen LogP) is 1.32. The summed E-state index contributed by atoms with van der Waals surface area (Å²) in [4.78, 5) is 24.9. The van der Waals surface area contributed by atoms with Gasteiger partial charge in [-0.2, -0.15) is 0 Å². The number of hydrogen-bond donors (Lipinski definition) is 2. The van der Waals surface area contributed by atoms with Gasteiger partial charge in [-0.3, -0.25) is 9.59 Å². The highest BCUT2D eigenvalue weighted by molar-refractivity contribution is 5.94. The molecule has 1 aromatic carbocycles. The van der Waals surface area contributed by atoms with Gasteiger partial charge in [0.2, 0.25) is 5.91 Å². The van der Waals surface area contributed by atoms with Crippen molar-refractivity contribution in [3.8, 4) is 0 Å². The fraction of sp³-hybridized carbons (Fsp3) is 0.375. The van der Waals surface area contributed by atoms with E-state index in [1.807, 2.05) is 24.3 Å². The lowest BCUT2D eigenvalue weighted by Gasteiger charge is -2.17. The standard InChI is InChI=1S/C16H21N3O2/c1-13(20)17-9-4-10-18-16(21)14-5-7-15(8-6-14)19-11-2-3-12-19/h2-3,5-8H,4,9-12H2,1H3,(H,17,20)(H,18,21). The Hall–Kier alpha value is -2.30. The predicted molar refractivity (Wildman–Crippen MR) is 83.4 cm³/mol. The molecular weight excluding hydrogens is 266 g/mol. The van der Waals surface area contributed by atoms with Gasteiger partial charge in [-0.15, -0.1) is 0 Å². The minimum Gasteiger partial charge on any atom is -0.364 e. The largest absolute Gasteiger partial charge is 0.364 e. The zero-order valence-electron chi connectivity index (χ0n) is 12.3. The molecule has 0 saturated heterocycles. The first-order valence-corrected chi connectivity index (χ1v) is 7.19. The van der Waals surface area contributed by atoms with Gasteiger partial charge in [-0.25, -0.2) is 0 Å². The van der Waals surface area contributed by atoms with Crippen LogP contribution in [0.25, 0.3) is 0 Å². The van der Waals surface area contributed by atoms with Crippen LogP contribution in [0.2, 0.25) is 0 Å². The summed E-state index contributed by atoms with van der Waals surface area (Å²) >= 11 is 0. The van der Waals surface area contributed by atoms with E-state index in [4.69, 9.17) is 0 Å². The highest BCUT2D eigenvalue weighted by atomic mass is 16.2. The van der Waals surface area contributed by atoms with Gasteiger partial charge in [-0.05, 0) is 30.7 Å². The van der Waals surface area contributed by atoms with Gasteiger partial charge in [-0.1, -0.05) is 12.2 Å². The van der Waals surface area contributed by atoms with Crippen molar-refractivity contribution in [2.75, 3.05) is 31.1 Å². The number of hydrogen-bond acceptors (Lipinski definition) is 3. The van der Waals surface area contributed by atoms with Crippen molar-refractivity contribution < 1.29 is 9.59 Å². The number of carbonyl (C=O) groups is 2. The number of amides is 2. The summed E-state index contributed by atoms with van der Waals surface area (Å²) < 4.78 is 0. The molecule has 0 unspecified atom stereocenters. The lowest BCUT2D eigenvalue weighted by molar-refractivity contribution is -0.118. The number of carbonyl (C=O) groups excluding carboxylic acids is 2. The van der Waals surface area contributed by atoms with Crippen LogP contribution in [0.4, 0.5) is 5.69 Å². The normalized spacial score (nSPS) is 13.3. The van der Waals surface area contributed by atoms with Crippen molar-refractivity contribution >= 4 is 17.5 Å². The zero-order chi connectivity index (χ0) is 15.1. The van der Waals surface area contributed by atoms with E-state index < -0.39 is 0 Å². The average Bonchev–Trinajstić information content (AvgIpc) is 3.01. The third-order valence-corrected chi connectivity index (χ3v) is 3.33. The van der Waals surface area contributed by atoms with Gasteiger partial charge >= 0.3 is 0 Å². The number of nitrogens with one attached hydrogen (secondary N) is 2. The number of benzene rings is 1. The second kappa shape index (κ2) is 7.47. The molecule has 2 amide bonds. The lowest BCUT2D eigenvalue weighted by atomic mass is 10.2. The van der Waals surface area contributed by atoms with Crippen molar-refractivity contribution in [3.05, 3.63) is 42.0 Å². The van der Waals surface area contributed by atoms with Crippen LogP contribution in [0.3, 0.4) is 0 Å². The fourth-order valence-corrected chi connectivity index (χ4v) is 2.17. The molecule has 112 valence electrons. The van der Waals surface area contributed by atoms with Gasteiger partial charge in [0, 0.05) is 44.4 Å². The second-order valence-electron chi connectivity index (χ2n) is 5.02. The summed E-state index contributed by atoms with van der Waals surface area (Å²) in [5.41, 5.74) is 1.78. The molecular formula is C16H21N3O2. The van der Waals surface area contributed by atoms with Crippen LogP contribution in [0.5, 0.6) is 0 Å². The summed E-state index contributed by atoms with van der Waals surface area (Å²) in [5, 5.41) is 5.54. The molecule has 0 radical (unpaired) electrons. The molecule has 2 N–H and O–H groups in total. The average molecular weight is 287 g/mol. The quantitative estimate of drug-likeness (QED) is 0.613. The third kappa shape index (κ3) is 4.63. The first-order valence-electron chi connectivity index (χ1n) is 7.19. The van der Waals surface area contributed by atoms with Gasteiger partial charge in [0.05, 0.1) is 0 Å². The van der Waals surface area contributed by atoms with E-state index in [-0.39, 0.29) is 11.8 Å². The molecule has 0 aromatic heterocycles. The smallest absolute Gasteiger partial charge is 0.251 e. The summed E-state index contributed by atoms with van der Waals surface area (Å²) in [7, 11) is 0. The Balaban J connectivity index is 1.76. The Bertz CT molecular complexity index is 515. The molecule has 1 heterocycles. The molecule has 0 saturated carbocycles. The first-order chi connectivity index (χ1) is 10.2. The first kappa shape index (κ1) is 15.1. The monoisotopic (exact) mass is 287 g/mol. The highest BCUT2D eigenvalue weighted by Crippen LogP contribution is 2.17. The molecule has 1 aromatic rings. The summed E-state index contributed by atoms with van der Waals surface area (Å²) in [6.07, 6.45) is 4.99. The highest BCUT2D eigenvalue weighted by Gasteiger charge is 2.09. The molecule has 0 spiro atoms. The van der Waals surface area contributed by atoms with Crippen LogP contribution in [-0.2, 0) is 4.79 Å². The van der Waals surface area contributed by atoms with E-state index in [2.05, 4.69) is 27.7 Å². The minimum absolute atomic E-state index is 0.0479.